The highest BCUT2D eigenvalue weighted by Crippen LogP contribution is 2.23. The summed E-state index contributed by atoms with van der Waals surface area (Å²) in [5.74, 6) is 0.449. The summed E-state index contributed by atoms with van der Waals surface area (Å²) in [6.45, 7) is 4.02. The first kappa shape index (κ1) is 20.9. The number of benzene rings is 3. The van der Waals surface area contributed by atoms with Gasteiger partial charge in [0.2, 0.25) is 5.91 Å². The van der Waals surface area contributed by atoms with Crippen LogP contribution in [0.15, 0.2) is 82.7 Å². The van der Waals surface area contributed by atoms with Gasteiger partial charge in [-0.25, -0.2) is 4.98 Å². The van der Waals surface area contributed by atoms with Crippen molar-refractivity contribution in [3.05, 3.63) is 94.3 Å². The van der Waals surface area contributed by atoms with E-state index in [-0.39, 0.29) is 11.5 Å². The van der Waals surface area contributed by atoms with E-state index in [9.17, 15) is 9.59 Å². The summed E-state index contributed by atoms with van der Waals surface area (Å²) in [5.41, 5.74) is 4.34. The van der Waals surface area contributed by atoms with Gasteiger partial charge in [0, 0.05) is 17.9 Å². The van der Waals surface area contributed by atoms with Crippen LogP contribution in [0.25, 0.3) is 16.6 Å². The Labute approximate surface area is 185 Å². The van der Waals surface area contributed by atoms with Crippen molar-refractivity contribution in [3.8, 4) is 5.69 Å². The first-order valence-electron chi connectivity index (χ1n) is 10.1. The summed E-state index contributed by atoms with van der Waals surface area (Å²) >= 11 is 1.41. The molecule has 0 bridgehead atoms. The lowest BCUT2D eigenvalue weighted by atomic mass is 10.1. The first-order chi connectivity index (χ1) is 15.0. The fourth-order valence-corrected chi connectivity index (χ4v) is 4.30. The fraction of sp³-hybridized carbons (Fsp3) is 0.160. The van der Waals surface area contributed by atoms with Crippen LogP contribution in [0.1, 0.15) is 17.5 Å². The van der Waals surface area contributed by atoms with E-state index in [1.807, 2.05) is 80.6 Å². The van der Waals surface area contributed by atoms with E-state index in [2.05, 4.69) is 5.32 Å². The summed E-state index contributed by atoms with van der Waals surface area (Å²) in [6.07, 6.45) is 0.315. The number of anilines is 1. The number of carbonyl (C=O) groups is 1. The van der Waals surface area contributed by atoms with Crippen molar-refractivity contribution in [1.29, 1.82) is 0 Å². The highest BCUT2D eigenvalue weighted by Gasteiger charge is 2.14. The van der Waals surface area contributed by atoms with Crippen molar-refractivity contribution in [2.75, 3.05) is 11.1 Å². The summed E-state index contributed by atoms with van der Waals surface area (Å²) in [6, 6.07) is 22.7. The third-order valence-electron chi connectivity index (χ3n) is 5.20. The summed E-state index contributed by atoms with van der Waals surface area (Å²) in [4.78, 5) is 30.4. The molecule has 6 heteroatoms. The summed E-state index contributed by atoms with van der Waals surface area (Å²) in [5, 5.41) is 4.13. The Morgan fingerprint density at radius 3 is 2.52 bits per heavy atom. The van der Waals surface area contributed by atoms with E-state index in [1.165, 1.54) is 11.8 Å². The van der Waals surface area contributed by atoms with E-state index in [4.69, 9.17) is 4.98 Å². The number of thioether (sulfide) groups is 1. The normalized spacial score (nSPS) is 10.9. The van der Waals surface area contributed by atoms with Crippen molar-refractivity contribution in [3.63, 3.8) is 0 Å². The molecule has 0 aliphatic rings. The van der Waals surface area contributed by atoms with E-state index < -0.39 is 0 Å². The van der Waals surface area contributed by atoms with E-state index in [0.29, 0.717) is 28.2 Å². The molecule has 1 N–H and O–H groups in total. The largest absolute Gasteiger partial charge is 0.326 e. The van der Waals surface area contributed by atoms with Gasteiger partial charge in [-0.05, 0) is 55.3 Å². The molecule has 1 heterocycles. The third-order valence-corrected chi connectivity index (χ3v) is 6.14. The molecule has 0 aliphatic heterocycles. The van der Waals surface area contributed by atoms with E-state index in [0.717, 1.165) is 22.5 Å². The van der Waals surface area contributed by atoms with Crippen LogP contribution < -0.4 is 10.9 Å². The number of fused-ring (bicyclic) bond motifs is 1. The standard InChI is InChI=1S/C25H23N3O2S/c1-17-9-8-14-21(18(17)2)26-23(29)15-16-31-25-27-22-13-7-6-12-20(22)24(30)28(25)19-10-4-3-5-11-19/h3-14H,15-16H2,1-2H3,(H,26,29). The van der Waals surface area contributed by atoms with Crippen molar-refractivity contribution in [2.45, 2.75) is 25.4 Å². The topological polar surface area (TPSA) is 64.0 Å². The predicted molar refractivity (Wildman–Crippen MR) is 127 cm³/mol. The summed E-state index contributed by atoms with van der Waals surface area (Å²) < 4.78 is 1.62. The van der Waals surface area contributed by atoms with Gasteiger partial charge < -0.3 is 5.32 Å². The molecule has 0 atom stereocenters. The number of nitrogens with zero attached hydrogens (tertiary/aromatic N) is 2. The second kappa shape index (κ2) is 9.18. The number of aryl methyl sites for hydroxylation is 1. The van der Waals surface area contributed by atoms with E-state index in [1.54, 1.807) is 10.6 Å². The Morgan fingerprint density at radius 1 is 0.968 bits per heavy atom. The Balaban J connectivity index is 1.56. The zero-order chi connectivity index (χ0) is 21.8. The van der Waals surface area contributed by atoms with Crippen LogP contribution in [-0.4, -0.2) is 21.2 Å². The van der Waals surface area contributed by atoms with Crippen LogP contribution in [0, 0.1) is 13.8 Å². The minimum Gasteiger partial charge on any atom is -0.326 e. The molecule has 0 radical (unpaired) electrons. The molecular formula is C25H23N3O2S. The van der Waals surface area contributed by atoms with Gasteiger partial charge in [0.15, 0.2) is 5.16 Å². The maximum Gasteiger partial charge on any atom is 0.266 e. The number of rotatable bonds is 6. The predicted octanol–water partition coefficient (Wildman–Crippen LogP) is 5.12. The molecule has 4 aromatic rings. The van der Waals surface area contributed by atoms with Gasteiger partial charge in [0.25, 0.3) is 5.56 Å². The van der Waals surface area contributed by atoms with Gasteiger partial charge in [0.1, 0.15) is 0 Å². The molecule has 1 aromatic heterocycles. The van der Waals surface area contributed by atoms with Gasteiger partial charge in [-0.2, -0.15) is 0 Å². The van der Waals surface area contributed by atoms with Crippen LogP contribution in [0.2, 0.25) is 0 Å². The number of para-hydroxylation sites is 2. The number of carbonyl (C=O) groups excluding carboxylic acids is 1. The second-order valence-electron chi connectivity index (χ2n) is 7.28. The van der Waals surface area contributed by atoms with Crippen molar-refractivity contribution in [2.24, 2.45) is 0 Å². The number of nitrogens with one attached hydrogen (secondary N) is 1. The average Bonchev–Trinajstić information content (AvgIpc) is 2.78. The minimum atomic E-state index is -0.112. The lowest BCUT2D eigenvalue weighted by Gasteiger charge is -2.13. The molecule has 1 amide bonds. The molecule has 0 spiro atoms. The second-order valence-corrected chi connectivity index (χ2v) is 8.34. The van der Waals surface area contributed by atoms with Gasteiger partial charge in [-0.3, -0.25) is 14.2 Å². The van der Waals surface area contributed by atoms with Gasteiger partial charge >= 0.3 is 0 Å². The molecule has 31 heavy (non-hydrogen) atoms. The zero-order valence-electron chi connectivity index (χ0n) is 17.5. The monoisotopic (exact) mass is 429 g/mol. The van der Waals surface area contributed by atoms with Crippen LogP contribution in [-0.2, 0) is 4.79 Å². The number of hydrogen-bond donors (Lipinski definition) is 1. The third kappa shape index (κ3) is 4.54. The maximum atomic E-state index is 13.2. The molecule has 5 nitrogen and oxygen atoms in total. The Kier molecular flexibility index (Phi) is 6.18. The molecule has 0 unspecified atom stereocenters. The first-order valence-corrected chi connectivity index (χ1v) is 11.1. The highest BCUT2D eigenvalue weighted by molar-refractivity contribution is 7.99. The number of aromatic nitrogens is 2. The van der Waals surface area contributed by atoms with E-state index >= 15 is 0 Å². The Morgan fingerprint density at radius 2 is 1.71 bits per heavy atom. The summed E-state index contributed by atoms with van der Waals surface area (Å²) in [7, 11) is 0. The average molecular weight is 430 g/mol. The molecule has 0 saturated carbocycles. The lowest BCUT2D eigenvalue weighted by Crippen LogP contribution is -2.22. The van der Waals surface area contributed by atoms with Crippen LogP contribution in [0.5, 0.6) is 0 Å². The minimum absolute atomic E-state index is 0.0596. The highest BCUT2D eigenvalue weighted by atomic mass is 32.2. The fourth-order valence-electron chi connectivity index (χ4n) is 3.35. The molecule has 3 aromatic carbocycles. The van der Waals surface area contributed by atoms with Gasteiger partial charge in [-0.15, -0.1) is 0 Å². The SMILES string of the molecule is Cc1cccc(NC(=O)CCSc2nc3ccccc3c(=O)n2-c2ccccc2)c1C. The molecular weight excluding hydrogens is 406 g/mol. The van der Waals surface area contributed by atoms with Gasteiger partial charge in [0.05, 0.1) is 16.6 Å². The van der Waals surface area contributed by atoms with Crippen molar-refractivity contribution >= 4 is 34.3 Å². The molecule has 0 saturated heterocycles. The van der Waals surface area contributed by atoms with Crippen molar-refractivity contribution < 1.29 is 4.79 Å². The quantitative estimate of drug-likeness (QED) is 0.341. The Bertz CT molecular complexity index is 1300. The van der Waals surface area contributed by atoms with Gasteiger partial charge in [-0.1, -0.05) is 54.2 Å². The molecule has 4 rings (SSSR count). The van der Waals surface area contributed by atoms with Crippen molar-refractivity contribution in [1.82, 2.24) is 9.55 Å². The smallest absolute Gasteiger partial charge is 0.266 e. The zero-order valence-corrected chi connectivity index (χ0v) is 18.3. The Hall–Kier alpha value is -3.38. The van der Waals surface area contributed by atoms with Crippen LogP contribution >= 0.6 is 11.8 Å². The maximum absolute atomic E-state index is 13.2. The van der Waals surface area contributed by atoms with Crippen LogP contribution in [0.3, 0.4) is 0 Å². The van der Waals surface area contributed by atoms with Crippen LogP contribution in [0.4, 0.5) is 5.69 Å². The number of amides is 1. The molecule has 0 fully saturated rings. The molecule has 0 aliphatic carbocycles. The lowest BCUT2D eigenvalue weighted by molar-refractivity contribution is -0.115. The molecule has 156 valence electrons. The number of hydrogen-bond acceptors (Lipinski definition) is 4.